The van der Waals surface area contributed by atoms with E-state index in [0.717, 1.165) is 50.4 Å². The number of hydrogen-bond acceptors (Lipinski definition) is 3. The van der Waals surface area contributed by atoms with Crippen molar-refractivity contribution in [2.75, 3.05) is 13.1 Å². The lowest BCUT2D eigenvalue weighted by Crippen LogP contribution is -2.40. The Morgan fingerprint density at radius 1 is 1.36 bits per heavy atom. The van der Waals surface area contributed by atoms with Crippen molar-refractivity contribution >= 4 is 30.7 Å². The number of carbonyl (C=O) groups is 1. The van der Waals surface area contributed by atoms with Gasteiger partial charge in [0.05, 0.1) is 5.69 Å². The SMILES string of the molecule is CC(C)(C)c1cn2c(n1)CCC(NC(=O)CCC1CCNC1)C2.Cl.Cl. The summed E-state index contributed by atoms with van der Waals surface area (Å²) in [6.45, 7) is 9.61. The molecule has 2 N–H and O–H groups in total. The van der Waals surface area contributed by atoms with Crippen molar-refractivity contribution in [3.63, 3.8) is 0 Å². The smallest absolute Gasteiger partial charge is 0.220 e. The first-order valence-corrected chi connectivity index (χ1v) is 8.98. The van der Waals surface area contributed by atoms with Gasteiger partial charge in [0.25, 0.3) is 0 Å². The molecule has 25 heavy (non-hydrogen) atoms. The highest BCUT2D eigenvalue weighted by atomic mass is 35.5. The molecule has 2 unspecified atom stereocenters. The third-order valence-electron chi connectivity index (χ3n) is 5.07. The Labute approximate surface area is 163 Å². The molecular formula is C18H32Cl2N4O. The molecule has 0 saturated carbocycles. The highest BCUT2D eigenvalue weighted by Crippen LogP contribution is 2.24. The Balaban J connectivity index is 0.00000156. The van der Waals surface area contributed by atoms with Crippen LogP contribution in [-0.4, -0.2) is 34.6 Å². The molecule has 1 aromatic rings. The van der Waals surface area contributed by atoms with Gasteiger partial charge >= 0.3 is 0 Å². The van der Waals surface area contributed by atoms with Gasteiger partial charge in [-0.25, -0.2) is 4.98 Å². The number of fused-ring (bicyclic) bond motifs is 1. The molecule has 0 aromatic carbocycles. The Morgan fingerprint density at radius 3 is 2.76 bits per heavy atom. The molecule has 1 amide bonds. The van der Waals surface area contributed by atoms with Crippen LogP contribution in [0.15, 0.2) is 6.20 Å². The molecule has 0 radical (unpaired) electrons. The fourth-order valence-electron chi connectivity index (χ4n) is 3.52. The summed E-state index contributed by atoms with van der Waals surface area (Å²) in [7, 11) is 0. The summed E-state index contributed by atoms with van der Waals surface area (Å²) in [5, 5.41) is 6.58. The predicted molar refractivity (Wildman–Crippen MR) is 106 cm³/mol. The Kier molecular flexibility index (Phi) is 8.23. The lowest BCUT2D eigenvalue weighted by atomic mass is 9.93. The van der Waals surface area contributed by atoms with Crippen LogP contribution in [0.1, 0.15) is 58.0 Å². The molecule has 144 valence electrons. The average molecular weight is 391 g/mol. The number of carbonyl (C=O) groups excluding carboxylic acids is 1. The van der Waals surface area contributed by atoms with Gasteiger partial charge in [-0.15, -0.1) is 24.8 Å². The number of halogens is 2. The van der Waals surface area contributed by atoms with E-state index in [4.69, 9.17) is 4.98 Å². The van der Waals surface area contributed by atoms with Crippen molar-refractivity contribution in [3.8, 4) is 0 Å². The maximum absolute atomic E-state index is 12.2. The number of nitrogens with zero attached hydrogens (tertiary/aromatic N) is 2. The zero-order valence-electron chi connectivity index (χ0n) is 15.5. The third kappa shape index (κ3) is 5.87. The van der Waals surface area contributed by atoms with Crippen LogP contribution in [-0.2, 0) is 23.2 Å². The highest BCUT2D eigenvalue weighted by Gasteiger charge is 2.25. The molecule has 3 rings (SSSR count). The van der Waals surface area contributed by atoms with E-state index in [1.54, 1.807) is 0 Å². The van der Waals surface area contributed by atoms with E-state index in [0.29, 0.717) is 12.3 Å². The Morgan fingerprint density at radius 2 is 2.12 bits per heavy atom. The van der Waals surface area contributed by atoms with Gasteiger partial charge < -0.3 is 15.2 Å². The minimum atomic E-state index is 0. The van der Waals surface area contributed by atoms with Crippen LogP contribution in [0.25, 0.3) is 0 Å². The van der Waals surface area contributed by atoms with Gasteiger partial charge in [0.2, 0.25) is 5.91 Å². The molecule has 1 saturated heterocycles. The van der Waals surface area contributed by atoms with Crippen LogP contribution in [0.4, 0.5) is 0 Å². The summed E-state index contributed by atoms with van der Waals surface area (Å²) in [4.78, 5) is 17.0. The van der Waals surface area contributed by atoms with E-state index in [-0.39, 0.29) is 42.2 Å². The first-order valence-electron chi connectivity index (χ1n) is 8.98. The van der Waals surface area contributed by atoms with E-state index >= 15 is 0 Å². The van der Waals surface area contributed by atoms with Crippen LogP contribution in [0.2, 0.25) is 0 Å². The summed E-state index contributed by atoms with van der Waals surface area (Å²) in [6.07, 6.45) is 7.00. The van der Waals surface area contributed by atoms with Crippen LogP contribution in [0.5, 0.6) is 0 Å². The monoisotopic (exact) mass is 390 g/mol. The van der Waals surface area contributed by atoms with Gasteiger partial charge in [-0.2, -0.15) is 0 Å². The molecule has 1 aromatic heterocycles. The van der Waals surface area contributed by atoms with Gasteiger partial charge in [0, 0.05) is 37.0 Å². The molecule has 2 aliphatic heterocycles. The van der Waals surface area contributed by atoms with E-state index in [1.165, 1.54) is 6.42 Å². The van der Waals surface area contributed by atoms with Gasteiger partial charge in [0.1, 0.15) is 5.82 Å². The van der Waals surface area contributed by atoms with Gasteiger partial charge in [-0.05, 0) is 38.3 Å². The summed E-state index contributed by atoms with van der Waals surface area (Å²) in [5.74, 6) is 2.06. The molecule has 0 bridgehead atoms. The standard InChI is InChI=1S/C18H30N4O.2ClH/c1-18(2,3)15-12-22-11-14(5-6-16(22)21-15)20-17(23)7-4-13-8-9-19-10-13;;/h12-14,19H,4-11H2,1-3H3,(H,20,23);2*1H. The lowest BCUT2D eigenvalue weighted by Gasteiger charge is -2.25. The molecule has 1 fully saturated rings. The summed E-state index contributed by atoms with van der Waals surface area (Å²) >= 11 is 0. The Hall–Kier alpha value is -0.780. The number of nitrogens with one attached hydrogen (secondary N) is 2. The van der Waals surface area contributed by atoms with Gasteiger partial charge in [-0.1, -0.05) is 20.8 Å². The lowest BCUT2D eigenvalue weighted by molar-refractivity contribution is -0.122. The molecule has 7 heteroatoms. The molecule has 0 spiro atoms. The van der Waals surface area contributed by atoms with Crippen LogP contribution in [0, 0.1) is 5.92 Å². The predicted octanol–water partition coefficient (Wildman–Crippen LogP) is 2.84. The van der Waals surface area contributed by atoms with Crippen LogP contribution < -0.4 is 10.6 Å². The van der Waals surface area contributed by atoms with E-state index in [1.807, 2.05) is 0 Å². The summed E-state index contributed by atoms with van der Waals surface area (Å²) < 4.78 is 2.23. The number of aromatic nitrogens is 2. The maximum Gasteiger partial charge on any atom is 0.220 e. The largest absolute Gasteiger partial charge is 0.352 e. The van der Waals surface area contributed by atoms with Crippen molar-refractivity contribution in [1.82, 2.24) is 20.2 Å². The molecule has 3 heterocycles. The zero-order chi connectivity index (χ0) is 16.4. The number of amides is 1. The van der Waals surface area contributed by atoms with Crippen molar-refractivity contribution < 1.29 is 4.79 Å². The fourth-order valence-corrected chi connectivity index (χ4v) is 3.52. The molecule has 2 atom stereocenters. The Bertz CT molecular complexity index is 562. The van der Waals surface area contributed by atoms with Crippen molar-refractivity contribution in [2.45, 2.75) is 70.9 Å². The highest BCUT2D eigenvalue weighted by molar-refractivity contribution is 5.85. The summed E-state index contributed by atoms with van der Waals surface area (Å²) in [6, 6.07) is 0.249. The van der Waals surface area contributed by atoms with Gasteiger partial charge in [-0.3, -0.25) is 4.79 Å². The van der Waals surface area contributed by atoms with Crippen LogP contribution in [0.3, 0.4) is 0 Å². The summed E-state index contributed by atoms with van der Waals surface area (Å²) in [5.41, 5.74) is 1.23. The second-order valence-corrected chi connectivity index (χ2v) is 8.15. The van der Waals surface area contributed by atoms with Crippen LogP contribution >= 0.6 is 24.8 Å². The van der Waals surface area contributed by atoms with Crippen molar-refractivity contribution in [1.29, 1.82) is 0 Å². The fraction of sp³-hybridized carbons (Fsp3) is 0.778. The quantitative estimate of drug-likeness (QED) is 0.830. The van der Waals surface area contributed by atoms with Gasteiger partial charge in [0.15, 0.2) is 0 Å². The number of imidazole rings is 1. The first kappa shape index (κ1) is 22.3. The second kappa shape index (κ2) is 9.24. The van der Waals surface area contributed by atoms with E-state index in [9.17, 15) is 4.79 Å². The topological polar surface area (TPSA) is 59.0 Å². The number of rotatable bonds is 4. The normalized spacial score (nSPS) is 22.5. The third-order valence-corrected chi connectivity index (χ3v) is 5.07. The molecular weight excluding hydrogens is 359 g/mol. The second-order valence-electron chi connectivity index (χ2n) is 8.15. The van der Waals surface area contributed by atoms with E-state index in [2.05, 4.69) is 42.2 Å². The zero-order valence-corrected chi connectivity index (χ0v) is 17.1. The van der Waals surface area contributed by atoms with Crippen molar-refractivity contribution in [3.05, 3.63) is 17.7 Å². The molecule has 0 aliphatic carbocycles. The maximum atomic E-state index is 12.2. The first-order chi connectivity index (χ1) is 10.9. The minimum absolute atomic E-state index is 0. The van der Waals surface area contributed by atoms with Crippen molar-refractivity contribution in [2.24, 2.45) is 5.92 Å². The van der Waals surface area contributed by atoms with E-state index < -0.39 is 0 Å². The average Bonchev–Trinajstić information content (AvgIpc) is 3.13. The number of aryl methyl sites for hydroxylation is 1. The molecule has 5 nitrogen and oxygen atoms in total. The molecule has 2 aliphatic rings. The minimum Gasteiger partial charge on any atom is -0.352 e. The number of hydrogen-bond donors (Lipinski definition) is 2.